The molecule has 1 atom stereocenters. The van der Waals surface area contributed by atoms with Gasteiger partial charge in [0.05, 0.1) is 28.9 Å². The fraction of sp³-hybridized carbons (Fsp3) is 0.286. The number of anilines is 2. The molecule has 1 aliphatic rings. The van der Waals surface area contributed by atoms with Crippen LogP contribution in [0.4, 0.5) is 11.4 Å². The van der Waals surface area contributed by atoms with Gasteiger partial charge in [-0.2, -0.15) is 0 Å². The number of hydrogen-bond acceptors (Lipinski definition) is 5. The summed E-state index contributed by atoms with van der Waals surface area (Å²) in [4.78, 5) is 38.3. The Morgan fingerprint density at radius 1 is 1.20 bits per heavy atom. The van der Waals surface area contributed by atoms with Gasteiger partial charge in [0.15, 0.2) is 6.61 Å². The van der Waals surface area contributed by atoms with Crippen molar-refractivity contribution in [2.75, 3.05) is 30.0 Å². The number of rotatable bonds is 7. The molecule has 1 heterocycles. The molecule has 0 spiro atoms. The van der Waals surface area contributed by atoms with Gasteiger partial charge in [-0.15, -0.1) is 0 Å². The Morgan fingerprint density at radius 2 is 1.97 bits per heavy atom. The lowest BCUT2D eigenvalue weighted by atomic mass is 10.1. The van der Waals surface area contributed by atoms with E-state index in [4.69, 9.17) is 32.7 Å². The molecule has 9 heteroatoms. The molecule has 0 aromatic heterocycles. The standard InChI is InChI=1S/C21H20Cl2N2O5/c1-2-29-18-6-4-3-5-16(18)24-19(26)12-30-21(28)13-9-20(27)25(11-13)17-10-14(22)7-8-15(17)23/h3-8,10,13H,2,9,11-12H2,1H3,(H,24,26)/t13-/m1/s1. The molecule has 1 aliphatic heterocycles. The van der Waals surface area contributed by atoms with Crippen molar-refractivity contribution in [3.8, 4) is 5.75 Å². The number of benzene rings is 2. The number of nitrogens with one attached hydrogen (secondary N) is 1. The summed E-state index contributed by atoms with van der Waals surface area (Å²) in [5.74, 6) is -1.57. The van der Waals surface area contributed by atoms with Gasteiger partial charge in [0, 0.05) is 18.0 Å². The average Bonchev–Trinajstić information content (AvgIpc) is 3.11. The van der Waals surface area contributed by atoms with Crippen LogP contribution >= 0.6 is 23.2 Å². The Hall–Kier alpha value is -2.77. The zero-order valence-corrected chi connectivity index (χ0v) is 17.7. The van der Waals surface area contributed by atoms with Crippen LogP contribution in [0.3, 0.4) is 0 Å². The van der Waals surface area contributed by atoms with Crippen LogP contribution in [0.15, 0.2) is 42.5 Å². The van der Waals surface area contributed by atoms with E-state index in [1.54, 1.807) is 42.5 Å². The number of hydrogen-bond donors (Lipinski definition) is 1. The molecule has 2 amide bonds. The van der Waals surface area contributed by atoms with Gasteiger partial charge in [0.2, 0.25) is 5.91 Å². The van der Waals surface area contributed by atoms with Crippen molar-refractivity contribution in [2.24, 2.45) is 5.92 Å². The summed E-state index contributed by atoms with van der Waals surface area (Å²) in [5, 5.41) is 3.43. The van der Waals surface area contributed by atoms with Crippen molar-refractivity contribution < 1.29 is 23.9 Å². The highest BCUT2D eigenvalue weighted by atomic mass is 35.5. The van der Waals surface area contributed by atoms with Gasteiger partial charge in [-0.3, -0.25) is 14.4 Å². The molecular formula is C21H20Cl2N2O5. The van der Waals surface area contributed by atoms with Crippen LogP contribution in [-0.2, 0) is 19.1 Å². The Labute approximate surface area is 183 Å². The highest BCUT2D eigenvalue weighted by molar-refractivity contribution is 6.35. The SMILES string of the molecule is CCOc1ccccc1NC(=O)COC(=O)[C@@H]1CC(=O)N(c2cc(Cl)ccc2Cl)C1. The molecular weight excluding hydrogens is 431 g/mol. The first-order chi connectivity index (χ1) is 14.4. The van der Waals surface area contributed by atoms with Crippen LogP contribution < -0.4 is 15.0 Å². The number of carbonyl (C=O) groups is 3. The second-order valence-electron chi connectivity index (χ2n) is 6.59. The molecule has 30 heavy (non-hydrogen) atoms. The van der Waals surface area contributed by atoms with Crippen molar-refractivity contribution in [3.63, 3.8) is 0 Å². The normalized spacial score (nSPS) is 15.8. The fourth-order valence-electron chi connectivity index (χ4n) is 3.08. The maximum Gasteiger partial charge on any atom is 0.311 e. The minimum atomic E-state index is -0.698. The molecule has 2 aromatic carbocycles. The summed E-state index contributed by atoms with van der Waals surface area (Å²) in [7, 11) is 0. The van der Waals surface area contributed by atoms with Crippen LogP contribution in [0.1, 0.15) is 13.3 Å². The zero-order chi connectivity index (χ0) is 21.7. The summed E-state index contributed by atoms with van der Waals surface area (Å²) in [6.45, 7) is 1.92. The molecule has 158 valence electrons. The van der Waals surface area contributed by atoms with Gasteiger partial charge >= 0.3 is 5.97 Å². The van der Waals surface area contributed by atoms with Crippen LogP contribution in [0, 0.1) is 5.92 Å². The highest BCUT2D eigenvalue weighted by Crippen LogP contribution is 2.33. The Morgan fingerprint density at radius 3 is 2.73 bits per heavy atom. The lowest BCUT2D eigenvalue weighted by Crippen LogP contribution is -2.28. The van der Waals surface area contributed by atoms with Crippen LogP contribution in [0.2, 0.25) is 10.0 Å². The van der Waals surface area contributed by atoms with Crippen molar-refractivity contribution in [1.82, 2.24) is 0 Å². The van der Waals surface area contributed by atoms with E-state index < -0.39 is 24.4 Å². The molecule has 3 rings (SSSR count). The first-order valence-corrected chi connectivity index (χ1v) is 10.1. The maximum atomic E-state index is 12.4. The van der Waals surface area contributed by atoms with Gasteiger partial charge < -0.3 is 19.7 Å². The zero-order valence-electron chi connectivity index (χ0n) is 16.2. The molecule has 0 aliphatic carbocycles. The summed E-state index contributed by atoms with van der Waals surface area (Å²) in [6, 6.07) is 11.7. The van der Waals surface area contributed by atoms with Gasteiger partial charge in [0.25, 0.3) is 5.91 Å². The number of amides is 2. The van der Waals surface area contributed by atoms with E-state index in [1.807, 2.05) is 6.92 Å². The number of halogens is 2. The molecule has 0 unspecified atom stereocenters. The topological polar surface area (TPSA) is 84.9 Å². The second-order valence-corrected chi connectivity index (χ2v) is 7.43. The first-order valence-electron chi connectivity index (χ1n) is 9.32. The van der Waals surface area contributed by atoms with Crippen LogP contribution in [0.5, 0.6) is 5.75 Å². The van der Waals surface area contributed by atoms with Crippen molar-refractivity contribution >= 4 is 52.4 Å². The van der Waals surface area contributed by atoms with E-state index in [0.29, 0.717) is 33.8 Å². The molecule has 0 saturated carbocycles. The Balaban J connectivity index is 1.56. The molecule has 0 radical (unpaired) electrons. The number of esters is 1. The molecule has 7 nitrogen and oxygen atoms in total. The van der Waals surface area contributed by atoms with Gasteiger partial charge in [-0.05, 0) is 37.3 Å². The molecule has 1 saturated heterocycles. The van der Waals surface area contributed by atoms with E-state index in [-0.39, 0.29) is 18.9 Å². The van der Waals surface area contributed by atoms with Crippen LogP contribution in [0.25, 0.3) is 0 Å². The number of carbonyl (C=O) groups excluding carboxylic acids is 3. The smallest absolute Gasteiger partial charge is 0.311 e. The molecule has 1 fully saturated rings. The van der Waals surface area contributed by atoms with Gasteiger partial charge in [-0.1, -0.05) is 35.3 Å². The Bertz CT molecular complexity index is 966. The lowest BCUT2D eigenvalue weighted by Gasteiger charge is -2.18. The largest absolute Gasteiger partial charge is 0.492 e. The number of ether oxygens (including phenoxy) is 2. The van der Waals surface area contributed by atoms with E-state index in [0.717, 1.165) is 0 Å². The maximum absolute atomic E-state index is 12.4. The summed E-state index contributed by atoms with van der Waals surface area (Å²) < 4.78 is 10.6. The summed E-state index contributed by atoms with van der Waals surface area (Å²) in [6.07, 6.45) is -0.0313. The Kier molecular flexibility index (Phi) is 7.18. The van der Waals surface area contributed by atoms with Gasteiger partial charge in [0.1, 0.15) is 5.75 Å². The highest BCUT2D eigenvalue weighted by Gasteiger charge is 2.37. The number of nitrogens with zero attached hydrogens (tertiary/aromatic N) is 1. The number of para-hydroxylation sites is 2. The predicted molar refractivity (Wildman–Crippen MR) is 114 cm³/mol. The van der Waals surface area contributed by atoms with Gasteiger partial charge in [-0.25, -0.2) is 0 Å². The van der Waals surface area contributed by atoms with Crippen molar-refractivity contribution in [2.45, 2.75) is 13.3 Å². The lowest BCUT2D eigenvalue weighted by molar-refractivity contribution is -0.151. The summed E-state index contributed by atoms with van der Waals surface area (Å²) >= 11 is 12.1. The second kappa shape index (κ2) is 9.82. The minimum Gasteiger partial charge on any atom is -0.492 e. The third-order valence-corrected chi connectivity index (χ3v) is 5.02. The molecule has 1 N–H and O–H groups in total. The van der Waals surface area contributed by atoms with E-state index in [1.165, 1.54) is 4.90 Å². The quantitative estimate of drug-likeness (QED) is 0.645. The third kappa shape index (κ3) is 5.23. The first kappa shape index (κ1) is 21.9. The van der Waals surface area contributed by atoms with Crippen LogP contribution in [-0.4, -0.2) is 37.5 Å². The molecule has 0 bridgehead atoms. The van der Waals surface area contributed by atoms with E-state index >= 15 is 0 Å². The third-order valence-electron chi connectivity index (χ3n) is 4.46. The minimum absolute atomic E-state index is 0.0313. The van der Waals surface area contributed by atoms with Crippen molar-refractivity contribution in [1.29, 1.82) is 0 Å². The summed E-state index contributed by atoms with van der Waals surface area (Å²) in [5.41, 5.74) is 0.924. The fourth-order valence-corrected chi connectivity index (χ4v) is 3.47. The molecule has 2 aromatic rings. The average molecular weight is 451 g/mol. The van der Waals surface area contributed by atoms with Crippen molar-refractivity contribution in [3.05, 3.63) is 52.5 Å². The van der Waals surface area contributed by atoms with E-state index in [2.05, 4.69) is 5.32 Å². The van der Waals surface area contributed by atoms with E-state index in [9.17, 15) is 14.4 Å². The monoisotopic (exact) mass is 450 g/mol. The predicted octanol–water partition coefficient (Wildman–Crippen LogP) is 3.93.